The molecule has 0 aliphatic heterocycles. The first-order valence-corrected chi connectivity index (χ1v) is 16.1. The van der Waals surface area contributed by atoms with E-state index in [0.29, 0.717) is 21.7 Å². The van der Waals surface area contributed by atoms with Crippen LogP contribution in [0.1, 0.15) is 6.92 Å². The van der Waals surface area contributed by atoms with Gasteiger partial charge in [-0.1, -0.05) is 41.4 Å². The molecule has 216 valence electrons. The predicted molar refractivity (Wildman–Crippen MR) is 160 cm³/mol. The summed E-state index contributed by atoms with van der Waals surface area (Å²) in [4.78, 5) is 8.80. The highest BCUT2D eigenvalue weighted by Crippen LogP contribution is 2.33. The van der Waals surface area contributed by atoms with E-state index in [-0.39, 0.29) is 39.0 Å². The third-order valence-corrected chi connectivity index (χ3v) is 9.21. The van der Waals surface area contributed by atoms with Gasteiger partial charge in [-0.05, 0) is 55.0 Å². The highest BCUT2D eigenvalue weighted by Gasteiger charge is 2.22. The summed E-state index contributed by atoms with van der Waals surface area (Å²) in [6.07, 6.45) is 2.75. The molecule has 0 bridgehead atoms. The fourth-order valence-electron chi connectivity index (χ4n) is 3.64. The van der Waals surface area contributed by atoms with E-state index in [9.17, 15) is 17.7 Å². The predicted octanol–water partition coefficient (Wildman–Crippen LogP) is 5.96. The van der Waals surface area contributed by atoms with Crippen molar-refractivity contribution in [1.82, 2.24) is 9.97 Å². The van der Waals surface area contributed by atoms with Crippen molar-refractivity contribution >= 4 is 66.1 Å². The van der Waals surface area contributed by atoms with E-state index in [4.69, 9.17) is 28.0 Å². The molecule has 0 radical (unpaired) electrons. The molecule has 4 rings (SSSR count). The second-order valence-corrected chi connectivity index (χ2v) is 13.6. The maximum atomic E-state index is 15.2. The summed E-state index contributed by atoms with van der Waals surface area (Å²) in [5, 5.41) is 15.5. The maximum Gasteiger partial charge on any atom is 0.263 e. The topological polar surface area (TPSA) is 157 Å². The van der Waals surface area contributed by atoms with Crippen molar-refractivity contribution in [2.75, 3.05) is 28.2 Å². The van der Waals surface area contributed by atoms with E-state index < -0.39 is 31.6 Å². The van der Waals surface area contributed by atoms with E-state index >= 15 is 4.39 Å². The number of hydrogen-bond acceptors (Lipinski definition) is 9. The molecule has 1 aromatic heterocycles. The summed E-state index contributed by atoms with van der Waals surface area (Å²) < 4.78 is 63.0. The summed E-state index contributed by atoms with van der Waals surface area (Å²) in [5.41, 5.74) is 0.885. The van der Waals surface area contributed by atoms with Crippen molar-refractivity contribution in [3.63, 3.8) is 0 Å². The van der Waals surface area contributed by atoms with Crippen LogP contribution in [0.4, 0.5) is 27.5 Å². The van der Waals surface area contributed by atoms with Crippen molar-refractivity contribution in [2.24, 2.45) is 0 Å². The monoisotopic (exact) mass is 638 g/mol. The number of halogens is 3. The molecule has 0 amide bonds. The van der Waals surface area contributed by atoms with Gasteiger partial charge in [0.1, 0.15) is 16.5 Å². The van der Waals surface area contributed by atoms with Crippen LogP contribution in [0.3, 0.4) is 0 Å². The first-order valence-electron chi connectivity index (χ1n) is 11.9. The zero-order valence-corrected chi connectivity index (χ0v) is 24.8. The number of nitrogens with zero attached hydrogens (tertiary/aromatic N) is 2. The first kappa shape index (κ1) is 30.5. The summed E-state index contributed by atoms with van der Waals surface area (Å²) in [5.74, 6) is -0.462. The molecule has 0 aliphatic carbocycles. The Morgan fingerprint density at radius 2 is 1.80 bits per heavy atom. The molecule has 3 aromatic carbocycles. The van der Waals surface area contributed by atoms with Crippen LogP contribution in [0.15, 0.2) is 76.7 Å². The molecule has 0 fully saturated rings. The van der Waals surface area contributed by atoms with Crippen molar-refractivity contribution in [3.8, 4) is 11.1 Å². The quantitative estimate of drug-likeness (QED) is 0.142. The summed E-state index contributed by atoms with van der Waals surface area (Å²) >= 11 is 12.0. The fourth-order valence-corrected chi connectivity index (χ4v) is 6.16. The Labute approximate surface area is 247 Å². The minimum absolute atomic E-state index is 0.0366. The number of aliphatic hydroxyl groups excluding tert-OH is 1. The lowest BCUT2D eigenvalue weighted by molar-refractivity contribution is 0.281. The fraction of sp³-hybridized carbons (Fsp3) is 0.154. The summed E-state index contributed by atoms with van der Waals surface area (Å²) in [6.45, 7) is 1.50. The van der Waals surface area contributed by atoms with Crippen LogP contribution in [-0.4, -0.2) is 46.6 Å². The normalized spacial score (nSPS) is 13.7. The number of nitrogens with one attached hydrogen (secondary N) is 4. The molecule has 10 nitrogen and oxygen atoms in total. The van der Waals surface area contributed by atoms with E-state index in [1.165, 1.54) is 42.8 Å². The largest absolute Gasteiger partial charge is 0.394 e. The van der Waals surface area contributed by atoms with Crippen molar-refractivity contribution in [1.29, 1.82) is 4.78 Å². The molecular weight excluding hydrogens is 614 g/mol. The Morgan fingerprint density at radius 1 is 1.07 bits per heavy atom. The van der Waals surface area contributed by atoms with Crippen LogP contribution < -0.4 is 15.4 Å². The SMILES string of the molecule is C[C@H](CO)Nc1nc(Nc2cccc([S@@](C)(=N)=O)c2)ncc1-c1ccc(NS(=O)(=O)c2cccc(Cl)c2Cl)c(F)c1. The van der Waals surface area contributed by atoms with Crippen molar-refractivity contribution in [3.05, 3.63) is 82.7 Å². The highest BCUT2D eigenvalue weighted by atomic mass is 35.5. The number of aromatic nitrogens is 2. The lowest BCUT2D eigenvalue weighted by atomic mass is 10.1. The van der Waals surface area contributed by atoms with E-state index in [2.05, 4.69) is 25.3 Å². The number of hydrogen-bond donors (Lipinski definition) is 5. The summed E-state index contributed by atoms with van der Waals surface area (Å²) in [7, 11) is -7.19. The smallest absolute Gasteiger partial charge is 0.263 e. The number of aliphatic hydroxyl groups is 1. The molecule has 4 aromatic rings. The van der Waals surface area contributed by atoms with Gasteiger partial charge in [0.2, 0.25) is 5.95 Å². The minimum atomic E-state index is -4.25. The Kier molecular flexibility index (Phi) is 9.04. The number of benzene rings is 3. The van der Waals surface area contributed by atoms with Gasteiger partial charge in [-0.3, -0.25) is 4.72 Å². The summed E-state index contributed by atoms with van der Waals surface area (Å²) in [6, 6.07) is 14.0. The van der Waals surface area contributed by atoms with Crippen LogP contribution in [-0.2, 0) is 19.8 Å². The third-order valence-electron chi connectivity index (χ3n) is 5.72. The van der Waals surface area contributed by atoms with Gasteiger partial charge in [-0.15, -0.1) is 0 Å². The average Bonchev–Trinajstić information content (AvgIpc) is 2.91. The zero-order valence-electron chi connectivity index (χ0n) is 21.7. The Balaban J connectivity index is 1.66. The Hall–Kier alpha value is -3.49. The number of sulfonamides is 1. The van der Waals surface area contributed by atoms with Crippen LogP contribution in [0.5, 0.6) is 0 Å². The van der Waals surface area contributed by atoms with Crippen LogP contribution in [0, 0.1) is 10.6 Å². The van der Waals surface area contributed by atoms with E-state index in [1.54, 1.807) is 31.2 Å². The number of rotatable bonds is 10. The molecule has 41 heavy (non-hydrogen) atoms. The van der Waals surface area contributed by atoms with Gasteiger partial charge >= 0.3 is 0 Å². The lowest BCUT2D eigenvalue weighted by Crippen LogP contribution is -2.21. The van der Waals surface area contributed by atoms with E-state index in [0.717, 1.165) is 6.07 Å². The van der Waals surface area contributed by atoms with Crippen molar-refractivity contribution in [2.45, 2.75) is 22.8 Å². The molecule has 15 heteroatoms. The molecule has 2 atom stereocenters. The van der Waals surface area contributed by atoms with Crippen LogP contribution in [0.25, 0.3) is 11.1 Å². The van der Waals surface area contributed by atoms with Crippen molar-refractivity contribution < 1.29 is 22.1 Å². The van der Waals surface area contributed by atoms with Gasteiger partial charge in [-0.2, -0.15) is 4.98 Å². The molecule has 0 aliphatic rings. The first-order chi connectivity index (χ1) is 19.3. The minimum Gasteiger partial charge on any atom is -0.394 e. The van der Waals surface area contributed by atoms with Crippen LogP contribution >= 0.6 is 23.2 Å². The maximum absolute atomic E-state index is 15.2. The Bertz CT molecular complexity index is 1820. The average molecular weight is 640 g/mol. The third kappa shape index (κ3) is 7.24. The standard InChI is InChI=1S/C26H25Cl2FN6O4S2/c1-15(14-36)32-25-19(13-31-26(34-25)33-17-5-3-6-18(12-17)40(2,30)37)16-9-10-22(21(29)11-16)35-41(38,39)23-8-4-7-20(27)24(23)28/h3-13,15,30,35-36H,14H2,1-2H3,(H2,31,32,33,34)/t15-,40+/m1/s1. The van der Waals surface area contributed by atoms with Gasteiger partial charge in [0.25, 0.3) is 10.0 Å². The molecule has 0 spiro atoms. The van der Waals surface area contributed by atoms with Gasteiger partial charge < -0.3 is 15.7 Å². The molecule has 0 saturated heterocycles. The van der Waals surface area contributed by atoms with Gasteiger partial charge in [0.05, 0.1) is 32.1 Å². The number of anilines is 4. The second-order valence-electron chi connectivity index (χ2n) is 9.03. The lowest BCUT2D eigenvalue weighted by Gasteiger charge is -2.17. The van der Waals surface area contributed by atoms with Crippen LogP contribution in [0.2, 0.25) is 10.0 Å². The molecule has 1 heterocycles. The molecule has 0 unspecified atom stereocenters. The van der Waals surface area contributed by atoms with Gasteiger partial charge in [0.15, 0.2) is 0 Å². The molecule has 0 saturated carbocycles. The highest BCUT2D eigenvalue weighted by molar-refractivity contribution is 7.93. The molecular formula is C26H25Cl2FN6O4S2. The zero-order chi connectivity index (χ0) is 29.9. The Morgan fingerprint density at radius 3 is 2.49 bits per heavy atom. The van der Waals surface area contributed by atoms with E-state index in [1.807, 2.05) is 0 Å². The van der Waals surface area contributed by atoms with Gasteiger partial charge in [0, 0.05) is 34.6 Å². The molecule has 5 N–H and O–H groups in total. The van der Waals surface area contributed by atoms with Gasteiger partial charge in [-0.25, -0.2) is 26.8 Å². The second kappa shape index (κ2) is 12.2.